The van der Waals surface area contributed by atoms with Crippen molar-refractivity contribution in [2.75, 3.05) is 23.8 Å². The summed E-state index contributed by atoms with van der Waals surface area (Å²) in [6, 6.07) is 9.39. The second-order valence-electron chi connectivity index (χ2n) is 5.93. The number of anilines is 2. The summed E-state index contributed by atoms with van der Waals surface area (Å²) in [4.78, 5) is 17.4. The molecule has 0 amide bonds. The van der Waals surface area contributed by atoms with E-state index in [1.54, 1.807) is 18.5 Å². The van der Waals surface area contributed by atoms with E-state index in [1.165, 1.54) is 0 Å². The van der Waals surface area contributed by atoms with Crippen LogP contribution >= 0.6 is 24.0 Å². The van der Waals surface area contributed by atoms with E-state index in [0.29, 0.717) is 47.0 Å². The van der Waals surface area contributed by atoms with Crippen molar-refractivity contribution in [3.05, 3.63) is 53.3 Å². The summed E-state index contributed by atoms with van der Waals surface area (Å²) in [5.74, 6) is 0.897. The Labute approximate surface area is 177 Å². The molecule has 0 bridgehead atoms. The molecule has 9 nitrogen and oxygen atoms in total. The lowest BCUT2D eigenvalue weighted by Crippen LogP contribution is -2.08. The standard InChI is InChI=1S/C18H17ClN8O.ClH/c19-12-3-1-2-11(8-12)9-22-17-20-5-4-14(24-17)15-13-10-23-18(21-6-7-28)25-16(13)27-26-15;/h1-5,8,10,28H,6-7,9H2,(H,20,22,24)(H2,21,23,25,26,27);1H. The highest BCUT2D eigenvalue weighted by atomic mass is 35.5. The predicted octanol–water partition coefficient (Wildman–Crippen LogP) is 2.90. The minimum absolute atomic E-state index is 0. The monoisotopic (exact) mass is 432 g/mol. The molecule has 0 spiro atoms. The van der Waals surface area contributed by atoms with Crippen LogP contribution in [0.3, 0.4) is 0 Å². The molecule has 1 aromatic carbocycles. The first-order chi connectivity index (χ1) is 13.7. The molecular formula is C18H18Cl2N8O. The Balaban J connectivity index is 0.00000240. The van der Waals surface area contributed by atoms with Crippen LogP contribution in [0.1, 0.15) is 5.56 Å². The first-order valence-corrected chi connectivity index (χ1v) is 8.98. The van der Waals surface area contributed by atoms with Gasteiger partial charge in [-0.05, 0) is 23.8 Å². The maximum Gasteiger partial charge on any atom is 0.224 e. The van der Waals surface area contributed by atoms with Gasteiger partial charge in [0.15, 0.2) is 5.65 Å². The fraction of sp³-hybridized carbons (Fsp3) is 0.167. The molecule has 4 aromatic rings. The summed E-state index contributed by atoms with van der Waals surface area (Å²) in [6.45, 7) is 0.923. The zero-order chi connectivity index (χ0) is 19.3. The fourth-order valence-electron chi connectivity index (χ4n) is 2.66. The van der Waals surface area contributed by atoms with Crippen LogP contribution in [0.5, 0.6) is 0 Å². The number of nitrogens with one attached hydrogen (secondary N) is 3. The minimum Gasteiger partial charge on any atom is -0.395 e. The second kappa shape index (κ2) is 9.46. The van der Waals surface area contributed by atoms with Crippen molar-refractivity contribution in [3.8, 4) is 11.4 Å². The molecule has 3 aromatic heterocycles. The van der Waals surface area contributed by atoms with Crippen molar-refractivity contribution in [3.63, 3.8) is 0 Å². The van der Waals surface area contributed by atoms with Gasteiger partial charge >= 0.3 is 0 Å². The third kappa shape index (κ3) is 4.89. The number of fused-ring (bicyclic) bond motifs is 1. The third-order valence-corrected chi connectivity index (χ3v) is 4.19. The SMILES string of the molecule is Cl.OCCNc1ncc2c(-c3ccnc(NCc4cccc(Cl)c4)n3)[nH]nc2n1. The number of hydrogen-bond acceptors (Lipinski definition) is 8. The molecule has 0 saturated heterocycles. The summed E-state index contributed by atoms with van der Waals surface area (Å²) in [5.41, 5.74) is 2.92. The molecule has 4 N–H and O–H groups in total. The average molecular weight is 433 g/mol. The number of aromatic amines is 1. The van der Waals surface area contributed by atoms with E-state index in [2.05, 4.69) is 40.8 Å². The van der Waals surface area contributed by atoms with Gasteiger partial charge < -0.3 is 15.7 Å². The number of halogens is 2. The highest BCUT2D eigenvalue weighted by Gasteiger charge is 2.12. The minimum atomic E-state index is -0.000881. The third-order valence-electron chi connectivity index (χ3n) is 3.96. The average Bonchev–Trinajstić information content (AvgIpc) is 3.14. The van der Waals surface area contributed by atoms with Crippen molar-refractivity contribution >= 4 is 46.9 Å². The van der Waals surface area contributed by atoms with E-state index in [1.807, 2.05) is 24.3 Å². The molecule has 3 heterocycles. The number of aliphatic hydroxyl groups is 1. The van der Waals surface area contributed by atoms with E-state index < -0.39 is 0 Å². The van der Waals surface area contributed by atoms with Crippen molar-refractivity contribution in [2.24, 2.45) is 0 Å². The maximum absolute atomic E-state index is 8.88. The lowest BCUT2D eigenvalue weighted by molar-refractivity contribution is 0.311. The van der Waals surface area contributed by atoms with Crippen LogP contribution < -0.4 is 10.6 Å². The van der Waals surface area contributed by atoms with Gasteiger partial charge in [-0.3, -0.25) is 5.10 Å². The highest BCUT2D eigenvalue weighted by molar-refractivity contribution is 6.30. The van der Waals surface area contributed by atoms with Gasteiger partial charge in [-0.15, -0.1) is 12.4 Å². The first kappa shape index (κ1) is 20.7. The Morgan fingerprint density at radius 3 is 2.76 bits per heavy atom. The van der Waals surface area contributed by atoms with Crippen LogP contribution in [0.2, 0.25) is 5.02 Å². The Kier molecular flexibility index (Phi) is 6.76. The number of aromatic nitrogens is 6. The summed E-state index contributed by atoms with van der Waals surface area (Å²) in [7, 11) is 0. The molecule has 0 atom stereocenters. The number of H-pyrrole nitrogens is 1. The number of rotatable bonds is 7. The quantitative estimate of drug-likeness (QED) is 0.351. The predicted molar refractivity (Wildman–Crippen MR) is 114 cm³/mol. The number of aliphatic hydroxyl groups excluding tert-OH is 1. The second-order valence-corrected chi connectivity index (χ2v) is 6.37. The van der Waals surface area contributed by atoms with Gasteiger partial charge in [0.05, 0.1) is 23.4 Å². The number of benzene rings is 1. The lowest BCUT2D eigenvalue weighted by atomic mass is 10.2. The van der Waals surface area contributed by atoms with Crippen LogP contribution in [-0.4, -0.2) is 48.4 Å². The van der Waals surface area contributed by atoms with Crippen molar-refractivity contribution < 1.29 is 5.11 Å². The molecule has 0 radical (unpaired) electrons. The molecule has 150 valence electrons. The largest absolute Gasteiger partial charge is 0.395 e. The van der Waals surface area contributed by atoms with E-state index in [9.17, 15) is 0 Å². The van der Waals surface area contributed by atoms with Gasteiger partial charge in [0.1, 0.15) is 0 Å². The number of nitrogens with zero attached hydrogens (tertiary/aromatic N) is 5. The van der Waals surface area contributed by atoms with Gasteiger partial charge in [-0.1, -0.05) is 23.7 Å². The van der Waals surface area contributed by atoms with Gasteiger partial charge in [-0.2, -0.15) is 10.1 Å². The molecule has 4 rings (SSSR count). The van der Waals surface area contributed by atoms with Crippen LogP contribution in [0, 0.1) is 0 Å². The summed E-state index contributed by atoms with van der Waals surface area (Å²) in [5, 5.41) is 23.6. The molecular weight excluding hydrogens is 415 g/mol. The molecule has 0 unspecified atom stereocenters. The summed E-state index contributed by atoms with van der Waals surface area (Å²) < 4.78 is 0. The zero-order valence-electron chi connectivity index (χ0n) is 15.1. The van der Waals surface area contributed by atoms with Gasteiger partial charge in [-0.25, -0.2) is 15.0 Å². The lowest BCUT2D eigenvalue weighted by Gasteiger charge is -2.06. The highest BCUT2D eigenvalue weighted by Crippen LogP contribution is 2.24. The van der Waals surface area contributed by atoms with Crippen molar-refractivity contribution in [2.45, 2.75) is 6.54 Å². The van der Waals surface area contributed by atoms with Crippen LogP contribution in [0.25, 0.3) is 22.4 Å². The van der Waals surface area contributed by atoms with E-state index in [4.69, 9.17) is 16.7 Å². The van der Waals surface area contributed by atoms with Gasteiger partial charge in [0.25, 0.3) is 0 Å². The topological polar surface area (TPSA) is 125 Å². The maximum atomic E-state index is 8.88. The number of hydrogen-bond donors (Lipinski definition) is 4. The van der Waals surface area contributed by atoms with Crippen LogP contribution in [0.4, 0.5) is 11.9 Å². The molecule has 0 fully saturated rings. The van der Waals surface area contributed by atoms with Crippen molar-refractivity contribution in [1.82, 2.24) is 30.1 Å². The smallest absolute Gasteiger partial charge is 0.224 e. The molecule has 0 aliphatic heterocycles. The molecule has 11 heteroatoms. The van der Waals surface area contributed by atoms with Crippen LogP contribution in [-0.2, 0) is 6.54 Å². The summed E-state index contributed by atoms with van der Waals surface area (Å²) in [6.07, 6.45) is 3.34. The Morgan fingerprint density at radius 2 is 1.93 bits per heavy atom. The Morgan fingerprint density at radius 1 is 1.07 bits per heavy atom. The first-order valence-electron chi connectivity index (χ1n) is 8.60. The molecule has 29 heavy (non-hydrogen) atoms. The Bertz CT molecular complexity index is 1100. The van der Waals surface area contributed by atoms with E-state index in [-0.39, 0.29) is 19.0 Å². The Hall–Kier alpha value is -3.01. The molecule has 0 saturated carbocycles. The van der Waals surface area contributed by atoms with E-state index >= 15 is 0 Å². The molecule has 0 aliphatic carbocycles. The van der Waals surface area contributed by atoms with Gasteiger partial charge in [0.2, 0.25) is 11.9 Å². The molecule has 0 aliphatic rings. The van der Waals surface area contributed by atoms with Crippen molar-refractivity contribution in [1.29, 1.82) is 0 Å². The summed E-state index contributed by atoms with van der Waals surface area (Å²) >= 11 is 6.02. The zero-order valence-corrected chi connectivity index (χ0v) is 16.7. The van der Waals surface area contributed by atoms with Crippen LogP contribution in [0.15, 0.2) is 42.7 Å². The fourth-order valence-corrected chi connectivity index (χ4v) is 2.88. The van der Waals surface area contributed by atoms with E-state index in [0.717, 1.165) is 10.9 Å². The van der Waals surface area contributed by atoms with Gasteiger partial charge in [0, 0.05) is 30.5 Å². The normalized spacial score (nSPS) is 10.6.